The minimum absolute atomic E-state index is 0.000410. The number of hydrogen-bond donors (Lipinski definition) is 2. The molecular formula is C27H32F2N4O2. The Bertz CT molecular complexity index is 1120. The number of alkyl halides is 2. The number of carbonyl (C=O) groups is 1. The fourth-order valence-corrected chi connectivity index (χ4v) is 6.75. The molecule has 2 saturated carbocycles. The largest absolute Gasteiger partial charge is 0.373 e. The topological polar surface area (TPSA) is 76.1 Å². The Kier molecular flexibility index (Phi) is 5.74. The number of ether oxygens (including phenoxy) is 1. The van der Waals surface area contributed by atoms with E-state index < -0.39 is 5.92 Å². The SMILES string of the molecule is O=C(Cc1ncnc(NCc2cccc3c2CCC3(F)F)c1C1CCCO1)NC12CCC(CC1)C2. The van der Waals surface area contributed by atoms with E-state index in [2.05, 4.69) is 20.6 Å². The Balaban J connectivity index is 1.23. The number of aromatic nitrogens is 2. The van der Waals surface area contributed by atoms with E-state index >= 15 is 0 Å². The van der Waals surface area contributed by atoms with Gasteiger partial charge in [0.15, 0.2) is 0 Å². The van der Waals surface area contributed by atoms with Gasteiger partial charge in [-0.25, -0.2) is 18.7 Å². The molecule has 1 amide bonds. The summed E-state index contributed by atoms with van der Waals surface area (Å²) in [6, 6.07) is 5.12. The third-order valence-corrected chi connectivity index (χ3v) is 8.49. The van der Waals surface area contributed by atoms with Crippen LogP contribution in [0.15, 0.2) is 24.5 Å². The Morgan fingerprint density at radius 3 is 2.74 bits per heavy atom. The molecule has 1 aliphatic heterocycles. The zero-order chi connectivity index (χ0) is 24.0. The molecule has 4 aliphatic rings. The van der Waals surface area contributed by atoms with E-state index in [0.717, 1.165) is 54.7 Å². The number of carbonyl (C=O) groups excluding carboxylic acids is 1. The van der Waals surface area contributed by atoms with Gasteiger partial charge in [0.05, 0.1) is 18.2 Å². The molecule has 2 aromatic rings. The van der Waals surface area contributed by atoms with Crippen molar-refractivity contribution in [1.29, 1.82) is 0 Å². The predicted octanol–water partition coefficient (Wildman–Crippen LogP) is 4.97. The van der Waals surface area contributed by atoms with Crippen LogP contribution in [0.3, 0.4) is 0 Å². The first kappa shape index (κ1) is 22.8. The molecule has 1 aromatic carbocycles. The van der Waals surface area contributed by atoms with Crippen molar-refractivity contribution in [2.75, 3.05) is 11.9 Å². The van der Waals surface area contributed by atoms with Gasteiger partial charge in [-0.2, -0.15) is 0 Å². The average molecular weight is 483 g/mol. The molecule has 1 unspecified atom stereocenters. The van der Waals surface area contributed by atoms with Gasteiger partial charge in [-0.15, -0.1) is 0 Å². The summed E-state index contributed by atoms with van der Waals surface area (Å²) in [5.41, 5.74) is 3.19. The van der Waals surface area contributed by atoms with Crippen molar-refractivity contribution in [3.05, 3.63) is 52.5 Å². The maximum absolute atomic E-state index is 14.2. The van der Waals surface area contributed by atoms with Crippen molar-refractivity contribution in [1.82, 2.24) is 15.3 Å². The number of benzene rings is 1. The van der Waals surface area contributed by atoms with Gasteiger partial charge in [0.1, 0.15) is 12.1 Å². The summed E-state index contributed by atoms with van der Waals surface area (Å²) in [5, 5.41) is 6.70. The lowest BCUT2D eigenvalue weighted by atomic mass is 9.93. The van der Waals surface area contributed by atoms with E-state index in [4.69, 9.17) is 4.74 Å². The molecule has 2 N–H and O–H groups in total. The molecule has 1 saturated heterocycles. The van der Waals surface area contributed by atoms with Crippen molar-refractivity contribution in [2.24, 2.45) is 5.92 Å². The van der Waals surface area contributed by atoms with Crippen molar-refractivity contribution < 1.29 is 18.3 Å². The number of hydrogen-bond acceptors (Lipinski definition) is 5. The van der Waals surface area contributed by atoms with E-state index in [9.17, 15) is 13.6 Å². The van der Waals surface area contributed by atoms with Gasteiger partial charge in [-0.1, -0.05) is 18.2 Å². The second-order valence-electron chi connectivity index (χ2n) is 10.7. The number of halogens is 2. The van der Waals surface area contributed by atoms with Crippen LogP contribution in [-0.4, -0.2) is 28.0 Å². The van der Waals surface area contributed by atoms with E-state index in [0.29, 0.717) is 31.1 Å². The summed E-state index contributed by atoms with van der Waals surface area (Å²) < 4.78 is 34.4. The molecule has 8 heteroatoms. The molecule has 2 heterocycles. The molecular weight excluding hydrogens is 450 g/mol. The maximum Gasteiger partial charge on any atom is 0.273 e. The second kappa shape index (κ2) is 8.80. The van der Waals surface area contributed by atoms with Gasteiger partial charge in [0.25, 0.3) is 5.92 Å². The Morgan fingerprint density at radius 1 is 1.14 bits per heavy atom. The molecule has 0 radical (unpaired) electrons. The zero-order valence-corrected chi connectivity index (χ0v) is 19.9. The molecule has 0 spiro atoms. The third kappa shape index (κ3) is 4.30. The maximum atomic E-state index is 14.2. The standard InChI is InChI=1S/C27H32F2N4O2/c28-27(29)11-8-19-18(3-1-4-20(19)27)15-30-25-24(22-5-2-12-35-22)21(31-16-32-25)13-23(34)33-26-9-6-17(14-26)7-10-26/h1,3-4,16-17,22H,2,5-15H2,(H,33,34)(H,30,31,32). The lowest BCUT2D eigenvalue weighted by Crippen LogP contribution is -2.45. The first-order valence-corrected chi connectivity index (χ1v) is 12.9. The quantitative estimate of drug-likeness (QED) is 0.583. The van der Waals surface area contributed by atoms with Gasteiger partial charge in [-0.3, -0.25) is 4.79 Å². The van der Waals surface area contributed by atoms with Crippen LogP contribution in [0.2, 0.25) is 0 Å². The second-order valence-corrected chi connectivity index (χ2v) is 10.7. The highest BCUT2D eigenvalue weighted by Crippen LogP contribution is 2.47. The fourth-order valence-electron chi connectivity index (χ4n) is 6.75. The smallest absolute Gasteiger partial charge is 0.273 e. The van der Waals surface area contributed by atoms with Gasteiger partial charge in [0, 0.05) is 36.2 Å². The summed E-state index contributed by atoms with van der Waals surface area (Å²) >= 11 is 0. The van der Waals surface area contributed by atoms with E-state index in [1.807, 2.05) is 6.07 Å². The minimum Gasteiger partial charge on any atom is -0.373 e. The number of nitrogens with one attached hydrogen (secondary N) is 2. The van der Waals surface area contributed by atoms with Crippen molar-refractivity contribution >= 4 is 11.7 Å². The summed E-state index contributed by atoms with van der Waals surface area (Å²) in [4.78, 5) is 22.1. The number of fused-ring (bicyclic) bond motifs is 3. The van der Waals surface area contributed by atoms with Crippen LogP contribution in [0, 0.1) is 5.92 Å². The molecule has 3 fully saturated rings. The highest BCUT2D eigenvalue weighted by molar-refractivity contribution is 5.80. The summed E-state index contributed by atoms with van der Waals surface area (Å²) in [7, 11) is 0. The average Bonchev–Trinajstić information content (AvgIpc) is 3.63. The first-order chi connectivity index (χ1) is 16.9. The molecule has 1 aromatic heterocycles. The number of anilines is 1. The van der Waals surface area contributed by atoms with E-state index in [1.54, 1.807) is 6.07 Å². The molecule has 6 rings (SSSR count). The first-order valence-electron chi connectivity index (χ1n) is 12.9. The normalized spacial score (nSPS) is 28.3. The number of nitrogens with zero attached hydrogens (tertiary/aromatic N) is 2. The third-order valence-electron chi connectivity index (χ3n) is 8.49. The Labute approximate surface area is 204 Å². The lowest BCUT2D eigenvalue weighted by Gasteiger charge is -2.28. The van der Waals surface area contributed by atoms with E-state index in [-0.39, 0.29) is 36.0 Å². The van der Waals surface area contributed by atoms with Gasteiger partial charge < -0.3 is 15.4 Å². The van der Waals surface area contributed by atoms with E-state index in [1.165, 1.54) is 25.2 Å². The van der Waals surface area contributed by atoms with Crippen molar-refractivity contribution in [3.63, 3.8) is 0 Å². The van der Waals surface area contributed by atoms with Crippen LogP contribution in [-0.2, 0) is 34.8 Å². The lowest BCUT2D eigenvalue weighted by molar-refractivity contribution is -0.122. The molecule has 2 bridgehead atoms. The Hall–Kier alpha value is -2.61. The highest BCUT2D eigenvalue weighted by Gasteiger charge is 2.45. The monoisotopic (exact) mass is 482 g/mol. The summed E-state index contributed by atoms with van der Waals surface area (Å²) in [6.07, 6.45) is 9.14. The van der Waals surface area contributed by atoms with Gasteiger partial charge >= 0.3 is 0 Å². The number of amides is 1. The minimum atomic E-state index is -2.76. The molecule has 6 nitrogen and oxygen atoms in total. The fraction of sp³-hybridized carbons (Fsp3) is 0.593. The van der Waals surface area contributed by atoms with Crippen LogP contribution >= 0.6 is 0 Å². The summed E-state index contributed by atoms with van der Waals surface area (Å²) in [5.74, 6) is -1.38. The highest BCUT2D eigenvalue weighted by atomic mass is 19.3. The predicted molar refractivity (Wildman–Crippen MR) is 127 cm³/mol. The van der Waals surface area contributed by atoms with Gasteiger partial charge in [0.2, 0.25) is 5.91 Å². The van der Waals surface area contributed by atoms with Gasteiger partial charge in [-0.05, 0) is 68.4 Å². The molecule has 35 heavy (non-hydrogen) atoms. The van der Waals surface area contributed by atoms with Crippen LogP contribution in [0.4, 0.5) is 14.6 Å². The van der Waals surface area contributed by atoms with Crippen LogP contribution < -0.4 is 10.6 Å². The van der Waals surface area contributed by atoms with Crippen LogP contribution in [0.1, 0.15) is 85.4 Å². The zero-order valence-electron chi connectivity index (χ0n) is 19.9. The summed E-state index contributed by atoms with van der Waals surface area (Å²) in [6.45, 7) is 1.04. The van der Waals surface area contributed by atoms with Crippen molar-refractivity contribution in [2.45, 2.75) is 88.3 Å². The molecule has 186 valence electrons. The Morgan fingerprint density at radius 2 is 2.00 bits per heavy atom. The van der Waals surface area contributed by atoms with Crippen LogP contribution in [0.5, 0.6) is 0 Å². The van der Waals surface area contributed by atoms with Crippen molar-refractivity contribution in [3.8, 4) is 0 Å². The molecule has 3 aliphatic carbocycles. The van der Waals surface area contributed by atoms with Crippen LogP contribution in [0.25, 0.3) is 0 Å². The number of rotatable bonds is 7. The molecule has 1 atom stereocenters.